The summed E-state index contributed by atoms with van der Waals surface area (Å²) < 4.78 is 2.02. The standard InChI is InChI=1S/C8H18I3NS/c1-7(2)5-12(6-8(3)4)13(9,10)11/h7-8H,5-6H2,1-4H3. The maximum atomic E-state index is 2.63. The van der Waals surface area contributed by atoms with Crippen molar-refractivity contribution in [2.45, 2.75) is 27.7 Å². The van der Waals surface area contributed by atoms with Crippen LogP contribution in [0.1, 0.15) is 27.7 Å². The second-order valence-corrected chi connectivity index (χ2v) is 31.9. The quantitative estimate of drug-likeness (QED) is 0.424. The van der Waals surface area contributed by atoms with Gasteiger partial charge >= 0.3 is 0 Å². The van der Waals surface area contributed by atoms with Crippen LogP contribution in [0.4, 0.5) is 0 Å². The molecule has 0 amide bonds. The van der Waals surface area contributed by atoms with Gasteiger partial charge in [0.1, 0.15) is 0 Å². The fraction of sp³-hybridized carbons (Fsp3) is 1.00. The molecule has 0 aromatic rings. The van der Waals surface area contributed by atoms with Crippen LogP contribution in [0.3, 0.4) is 0 Å². The molecule has 0 aliphatic carbocycles. The van der Waals surface area contributed by atoms with Gasteiger partial charge in [-0.2, -0.15) is 0 Å². The summed E-state index contributed by atoms with van der Waals surface area (Å²) in [4.78, 5) is 0. The summed E-state index contributed by atoms with van der Waals surface area (Å²) in [5, 5.41) is 0. The van der Waals surface area contributed by atoms with Crippen molar-refractivity contribution >= 4 is 65.3 Å². The molecule has 0 aliphatic rings. The van der Waals surface area contributed by atoms with E-state index in [2.05, 4.69) is 95.6 Å². The van der Waals surface area contributed by atoms with Crippen molar-refractivity contribution in [1.29, 1.82) is 0 Å². The van der Waals surface area contributed by atoms with Crippen LogP contribution in [-0.2, 0) is 0 Å². The van der Waals surface area contributed by atoms with Gasteiger partial charge in [-0.25, -0.2) is 4.31 Å². The van der Waals surface area contributed by atoms with Gasteiger partial charge in [-0.05, 0) is 13.6 Å². The molecule has 0 saturated heterocycles. The lowest BCUT2D eigenvalue weighted by Gasteiger charge is -2.36. The van der Waals surface area contributed by atoms with E-state index in [1.54, 1.807) is 0 Å². The molecule has 1 nitrogen and oxygen atoms in total. The monoisotopic (exact) mass is 541 g/mol. The lowest BCUT2D eigenvalue weighted by atomic mass is 10.2. The average molecular weight is 541 g/mol. The Kier molecular flexibility index (Phi) is 8.29. The summed E-state index contributed by atoms with van der Waals surface area (Å²) in [7, 11) is 0. The van der Waals surface area contributed by atoms with E-state index in [1.165, 1.54) is 13.1 Å². The highest BCUT2D eigenvalue weighted by Gasteiger charge is 2.23. The largest absolute Gasteiger partial charge is 0.243 e. The maximum Gasteiger partial charge on any atom is 0.0118 e. The van der Waals surface area contributed by atoms with Crippen molar-refractivity contribution < 1.29 is 0 Å². The van der Waals surface area contributed by atoms with E-state index < -0.39 is 1.73 Å². The topological polar surface area (TPSA) is 3.24 Å². The molecule has 0 unspecified atom stereocenters. The van der Waals surface area contributed by atoms with Crippen molar-refractivity contribution in [1.82, 2.24) is 4.31 Å². The predicted octanol–water partition coefficient (Wildman–Crippen LogP) is 5.37. The van der Waals surface area contributed by atoms with Gasteiger partial charge in [-0.15, -0.1) is 0 Å². The van der Waals surface area contributed by atoms with Crippen LogP contribution in [0, 0.1) is 11.8 Å². The van der Waals surface area contributed by atoms with Crippen LogP contribution >= 0.6 is 65.3 Å². The van der Waals surface area contributed by atoms with Crippen molar-refractivity contribution in [2.75, 3.05) is 13.1 Å². The molecule has 0 aliphatic heterocycles. The Balaban J connectivity index is 4.20. The molecule has 13 heavy (non-hydrogen) atoms. The minimum absolute atomic E-state index is 0.612. The molecule has 0 radical (unpaired) electrons. The highest BCUT2D eigenvalue weighted by Crippen LogP contribution is 2.73. The molecule has 0 aromatic heterocycles. The molecule has 0 fully saturated rings. The third-order valence-electron chi connectivity index (χ3n) is 1.43. The van der Waals surface area contributed by atoms with Gasteiger partial charge in [0.05, 0.1) is 0 Å². The van der Waals surface area contributed by atoms with E-state index in [9.17, 15) is 0 Å². The van der Waals surface area contributed by atoms with Gasteiger partial charge in [0.2, 0.25) is 0 Å². The molecule has 0 spiro atoms. The fourth-order valence-corrected chi connectivity index (χ4v) is 4.89. The van der Waals surface area contributed by atoms with E-state index in [1.807, 2.05) is 0 Å². The van der Waals surface area contributed by atoms with Crippen LogP contribution in [0.25, 0.3) is 0 Å². The summed E-state index contributed by atoms with van der Waals surface area (Å²) in [6.07, 6.45) is 0. The second kappa shape index (κ2) is 6.95. The molecule has 5 heteroatoms. The Labute approximate surface area is 120 Å². The minimum Gasteiger partial charge on any atom is -0.243 e. The van der Waals surface area contributed by atoms with E-state index in [-0.39, 0.29) is 0 Å². The normalized spacial score (nSPS) is 14.6. The Bertz CT molecular complexity index is 135. The van der Waals surface area contributed by atoms with E-state index in [0.717, 1.165) is 11.8 Å². The molecule has 0 N–H and O–H groups in total. The number of nitrogens with zero attached hydrogens (tertiary/aromatic N) is 1. The molecule has 0 aromatic carbocycles. The van der Waals surface area contributed by atoms with Crippen molar-refractivity contribution in [3.63, 3.8) is 0 Å². The van der Waals surface area contributed by atoms with Crippen LogP contribution in [0.5, 0.6) is 0 Å². The zero-order valence-electron chi connectivity index (χ0n) is 8.56. The van der Waals surface area contributed by atoms with Gasteiger partial charge in [-0.3, -0.25) is 0 Å². The van der Waals surface area contributed by atoms with Crippen molar-refractivity contribution in [3.8, 4) is 0 Å². The van der Waals surface area contributed by atoms with E-state index in [0.29, 0.717) is 0 Å². The zero-order valence-corrected chi connectivity index (χ0v) is 15.8. The lowest BCUT2D eigenvalue weighted by molar-refractivity contribution is 0.367. The number of halogens is 3. The van der Waals surface area contributed by atoms with Gasteiger partial charge in [-0.1, -0.05) is 27.7 Å². The van der Waals surface area contributed by atoms with Crippen LogP contribution in [0.15, 0.2) is 0 Å². The van der Waals surface area contributed by atoms with Gasteiger partial charge in [0.15, 0.2) is 0 Å². The molecule has 82 valence electrons. The molecular formula is C8H18I3NS. The van der Waals surface area contributed by atoms with E-state index in [4.69, 9.17) is 0 Å². The summed E-state index contributed by atoms with van der Waals surface area (Å²) in [6.45, 7) is 11.6. The average Bonchev–Trinajstić information content (AvgIpc) is 1.81. The highest BCUT2D eigenvalue weighted by molar-refractivity contribution is 14.5. The van der Waals surface area contributed by atoms with Crippen LogP contribution < -0.4 is 0 Å². The SMILES string of the molecule is CC(C)CN(CC(C)C)S(I)(I)I. The highest BCUT2D eigenvalue weighted by atomic mass is 127. The Hall–Kier alpha value is 2.50. The first-order valence-electron chi connectivity index (χ1n) is 4.40. The predicted molar refractivity (Wildman–Crippen MR) is 90.9 cm³/mol. The Morgan fingerprint density at radius 1 is 0.923 bits per heavy atom. The van der Waals surface area contributed by atoms with E-state index >= 15 is 0 Å². The summed E-state index contributed by atoms with van der Waals surface area (Å²) in [5.41, 5.74) is 0. The fourth-order valence-electron chi connectivity index (χ4n) is 1.06. The molecule has 0 bridgehead atoms. The second-order valence-electron chi connectivity index (χ2n) is 4.02. The lowest BCUT2D eigenvalue weighted by Crippen LogP contribution is -2.27. The summed E-state index contributed by atoms with van der Waals surface area (Å²) in [6, 6.07) is 0. The summed E-state index contributed by atoms with van der Waals surface area (Å²) >= 11 is 7.76. The smallest absolute Gasteiger partial charge is 0.0118 e. The first kappa shape index (κ1) is 15.5. The van der Waals surface area contributed by atoms with Crippen molar-refractivity contribution in [2.24, 2.45) is 11.8 Å². The maximum absolute atomic E-state index is 2.63. The molecular weight excluding hydrogens is 523 g/mol. The van der Waals surface area contributed by atoms with Gasteiger partial charge < -0.3 is 0 Å². The van der Waals surface area contributed by atoms with Crippen LogP contribution in [-0.4, -0.2) is 17.4 Å². The first-order chi connectivity index (χ1) is 5.73. The van der Waals surface area contributed by atoms with Gasteiger partial charge in [0.25, 0.3) is 0 Å². The third-order valence-corrected chi connectivity index (χ3v) is 7.33. The summed E-state index contributed by atoms with van der Waals surface area (Å²) in [5.74, 6) is 1.54. The molecule has 0 saturated carbocycles. The molecule has 0 heterocycles. The number of hydrogen-bond donors (Lipinski definition) is 0. The minimum atomic E-state index is -0.612. The molecule has 0 rings (SSSR count). The Morgan fingerprint density at radius 2 is 1.23 bits per heavy atom. The number of rotatable bonds is 5. The Morgan fingerprint density at radius 3 is 1.38 bits per heavy atom. The zero-order chi connectivity index (χ0) is 10.6. The van der Waals surface area contributed by atoms with Crippen LogP contribution in [0.2, 0.25) is 0 Å². The third kappa shape index (κ3) is 8.32. The van der Waals surface area contributed by atoms with Gasteiger partial charge in [0, 0.05) is 76.7 Å². The first-order valence-corrected chi connectivity index (χ1v) is 13.6. The number of hydrogen-bond acceptors (Lipinski definition) is 1. The van der Waals surface area contributed by atoms with Crippen molar-refractivity contribution in [3.05, 3.63) is 0 Å². The molecule has 0 atom stereocenters.